The van der Waals surface area contributed by atoms with Gasteiger partial charge in [0.25, 0.3) is 0 Å². The average molecular weight is 266 g/mol. The van der Waals surface area contributed by atoms with Crippen molar-refractivity contribution in [2.75, 3.05) is 0 Å². The molecule has 2 nitrogen and oxygen atoms in total. The minimum atomic E-state index is 0.935. The zero-order valence-corrected chi connectivity index (χ0v) is 12.7. The second kappa shape index (κ2) is 6.38. The van der Waals surface area contributed by atoms with Crippen LogP contribution in [0.25, 0.3) is 22.4 Å². The summed E-state index contributed by atoms with van der Waals surface area (Å²) in [7, 11) is 0. The van der Waals surface area contributed by atoms with Crippen LogP contribution in [0.5, 0.6) is 0 Å². The van der Waals surface area contributed by atoms with Crippen LogP contribution in [0.2, 0.25) is 0 Å². The number of benzene rings is 2. The number of hydrogen-bond acceptors (Lipinski definition) is 1. The van der Waals surface area contributed by atoms with Gasteiger partial charge in [0, 0.05) is 12.1 Å². The predicted molar refractivity (Wildman–Crippen MR) is 86.9 cm³/mol. The van der Waals surface area contributed by atoms with Crippen molar-refractivity contribution in [3.05, 3.63) is 54.1 Å². The zero-order valence-electron chi connectivity index (χ0n) is 12.7. The number of aromatic nitrogens is 2. The van der Waals surface area contributed by atoms with Gasteiger partial charge in [0.05, 0.1) is 11.0 Å². The third-order valence-electron chi connectivity index (χ3n) is 3.36. The molecule has 0 saturated heterocycles. The van der Waals surface area contributed by atoms with Gasteiger partial charge in [-0.05, 0) is 31.5 Å². The van der Waals surface area contributed by atoms with Crippen LogP contribution in [0.4, 0.5) is 0 Å². The number of hydrogen-bond donors (Lipinski definition) is 0. The highest BCUT2D eigenvalue weighted by Crippen LogP contribution is 2.26. The molecule has 0 saturated carbocycles. The zero-order chi connectivity index (χ0) is 14.5. The van der Waals surface area contributed by atoms with Gasteiger partial charge in [-0.1, -0.05) is 50.2 Å². The van der Waals surface area contributed by atoms with Gasteiger partial charge in [0.1, 0.15) is 5.82 Å². The van der Waals surface area contributed by atoms with Gasteiger partial charge >= 0.3 is 0 Å². The van der Waals surface area contributed by atoms with Crippen molar-refractivity contribution in [2.24, 2.45) is 0 Å². The van der Waals surface area contributed by atoms with E-state index in [-0.39, 0.29) is 0 Å². The molecule has 0 radical (unpaired) electrons. The molecule has 0 N–H and O–H groups in total. The molecule has 0 bridgehead atoms. The number of aryl methyl sites for hydroxylation is 2. The van der Waals surface area contributed by atoms with Crippen molar-refractivity contribution in [3.63, 3.8) is 0 Å². The Morgan fingerprint density at radius 2 is 1.60 bits per heavy atom. The van der Waals surface area contributed by atoms with E-state index >= 15 is 0 Å². The van der Waals surface area contributed by atoms with Crippen LogP contribution in [0.1, 0.15) is 26.3 Å². The van der Waals surface area contributed by atoms with E-state index in [0.29, 0.717) is 0 Å². The summed E-state index contributed by atoms with van der Waals surface area (Å²) in [6, 6.07) is 16.7. The normalized spacial score (nSPS) is 10.2. The van der Waals surface area contributed by atoms with E-state index in [4.69, 9.17) is 4.98 Å². The SMILES string of the molecule is CC.CCn1c(-c2ccccc2C)nc2ccccc21. The van der Waals surface area contributed by atoms with E-state index in [9.17, 15) is 0 Å². The van der Waals surface area contributed by atoms with Crippen molar-refractivity contribution in [2.45, 2.75) is 34.2 Å². The molecular weight excluding hydrogens is 244 g/mol. The predicted octanol–water partition coefficient (Wildman–Crippen LogP) is 5.06. The second-order valence-corrected chi connectivity index (χ2v) is 4.48. The van der Waals surface area contributed by atoms with Gasteiger partial charge in [-0.15, -0.1) is 0 Å². The van der Waals surface area contributed by atoms with E-state index in [1.807, 2.05) is 19.9 Å². The van der Waals surface area contributed by atoms with E-state index in [1.165, 1.54) is 16.6 Å². The fraction of sp³-hybridized carbons (Fsp3) is 0.278. The first-order valence-corrected chi connectivity index (χ1v) is 7.32. The molecule has 0 spiro atoms. The smallest absolute Gasteiger partial charge is 0.141 e. The Morgan fingerprint density at radius 1 is 0.950 bits per heavy atom. The summed E-state index contributed by atoms with van der Waals surface area (Å²) in [4.78, 5) is 4.78. The molecule has 0 aliphatic carbocycles. The van der Waals surface area contributed by atoms with Crippen molar-refractivity contribution < 1.29 is 0 Å². The fourth-order valence-electron chi connectivity index (χ4n) is 2.43. The van der Waals surface area contributed by atoms with Crippen molar-refractivity contribution in [1.29, 1.82) is 0 Å². The number of fused-ring (bicyclic) bond motifs is 1. The van der Waals surface area contributed by atoms with E-state index in [2.05, 4.69) is 60.9 Å². The first kappa shape index (κ1) is 14.3. The molecular formula is C18H22N2. The Labute approximate surface area is 121 Å². The highest BCUT2D eigenvalue weighted by Gasteiger charge is 2.12. The summed E-state index contributed by atoms with van der Waals surface area (Å²) in [5, 5.41) is 0. The number of imidazole rings is 1. The van der Waals surface area contributed by atoms with Crippen molar-refractivity contribution in [3.8, 4) is 11.4 Å². The molecule has 0 aliphatic rings. The molecule has 0 aliphatic heterocycles. The molecule has 0 amide bonds. The van der Waals surface area contributed by atoms with Crippen LogP contribution >= 0.6 is 0 Å². The second-order valence-electron chi connectivity index (χ2n) is 4.48. The van der Waals surface area contributed by atoms with Gasteiger partial charge in [-0.2, -0.15) is 0 Å². The summed E-state index contributed by atoms with van der Waals surface area (Å²) in [6.45, 7) is 9.23. The van der Waals surface area contributed by atoms with Crippen molar-refractivity contribution in [1.82, 2.24) is 9.55 Å². The summed E-state index contributed by atoms with van der Waals surface area (Å²) in [6.07, 6.45) is 0. The summed E-state index contributed by atoms with van der Waals surface area (Å²) in [5.74, 6) is 1.07. The van der Waals surface area contributed by atoms with Crippen molar-refractivity contribution >= 4 is 11.0 Å². The minimum absolute atomic E-state index is 0.935. The first-order chi connectivity index (χ1) is 9.81. The summed E-state index contributed by atoms with van der Waals surface area (Å²) >= 11 is 0. The van der Waals surface area contributed by atoms with Crippen LogP contribution in [-0.2, 0) is 6.54 Å². The molecule has 1 aromatic heterocycles. The van der Waals surface area contributed by atoms with Gasteiger partial charge in [0.2, 0.25) is 0 Å². The average Bonchev–Trinajstić information content (AvgIpc) is 2.88. The lowest BCUT2D eigenvalue weighted by Crippen LogP contribution is -1.98. The van der Waals surface area contributed by atoms with Crippen LogP contribution in [-0.4, -0.2) is 9.55 Å². The molecule has 3 rings (SSSR count). The molecule has 104 valence electrons. The summed E-state index contributed by atoms with van der Waals surface area (Å²) in [5.41, 5.74) is 4.76. The standard InChI is InChI=1S/C16H16N2.C2H6/c1-3-18-15-11-7-6-10-14(15)17-16(18)13-9-5-4-8-12(13)2;1-2/h4-11H,3H2,1-2H3;1-2H3. The van der Waals surface area contributed by atoms with Crippen LogP contribution < -0.4 is 0 Å². The highest BCUT2D eigenvalue weighted by molar-refractivity contribution is 5.81. The largest absolute Gasteiger partial charge is 0.324 e. The Balaban J connectivity index is 0.000000704. The topological polar surface area (TPSA) is 17.8 Å². The van der Waals surface area contributed by atoms with E-state index in [1.54, 1.807) is 0 Å². The third-order valence-corrected chi connectivity index (χ3v) is 3.36. The minimum Gasteiger partial charge on any atom is -0.324 e. The fourth-order valence-corrected chi connectivity index (χ4v) is 2.43. The monoisotopic (exact) mass is 266 g/mol. The lowest BCUT2D eigenvalue weighted by atomic mass is 10.1. The van der Waals surface area contributed by atoms with Gasteiger partial charge in [-0.25, -0.2) is 4.98 Å². The molecule has 20 heavy (non-hydrogen) atoms. The Kier molecular flexibility index (Phi) is 4.57. The van der Waals surface area contributed by atoms with E-state index < -0.39 is 0 Å². The molecule has 2 aromatic carbocycles. The lowest BCUT2D eigenvalue weighted by molar-refractivity contribution is 0.796. The van der Waals surface area contributed by atoms with Gasteiger partial charge in [-0.3, -0.25) is 0 Å². The van der Waals surface area contributed by atoms with Gasteiger partial charge in [0.15, 0.2) is 0 Å². The Morgan fingerprint density at radius 3 is 2.30 bits per heavy atom. The van der Waals surface area contributed by atoms with Crippen LogP contribution in [0.3, 0.4) is 0 Å². The molecule has 0 atom stereocenters. The Bertz CT molecular complexity index is 695. The number of nitrogens with zero attached hydrogens (tertiary/aromatic N) is 2. The molecule has 0 unspecified atom stereocenters. The maximum Gasteiger partial charge on any atom is 0.141 e. The quantitative estimate of drug-likeness (QED) is 0.634. The maximum absolute atomic E-state index is 4.78. The summed E-state index contributed by atoms with van der Waals surface area (Å²) < 4.78 is 2.28. The maximum atomic E-state index is 4.78. The van der Waals surface area contributed by atoms with Crippen LogP contribution in [0, 0.1) is 6.92 Å². The molecule has 3 aromatic rings. The molecule has 2 heteroatoms. The number of rotatable bonds is 2. The van der Waals surface area contributed by atoms with E-state index in [0.717, 1.165) is 17.9 Å². The highest BCUT2D eigenvalue weighted by atomic mass is 15.1. The lowest BCUT2D eigenvalue weighted by Gasteiger charge is -2.08. The Hall–Kier alpha value is -2.09. The third kappa shape index (κ3) is 2.46. The molecule has 0 fully saturated rings. The first-order valence-electron chi connectivity index (χ1n) is 7.32. The van der Waals surface area contributed by atoms with Crippen LogP contribution in [0.15, 0.2) is 48.5 Å². The molecule has 1 heterocycles. The number of para-hydroxylation sites is 2. The van der Waals surface area contributed by atoms with Gasteiger partial charge < -0.3 is 4.57 Å².